The Morgan fingerprint density at radius 3 is 2.37 bits per heavy atom. The number of ether oxygens (including phenoxy) is 1. The normalized spacial score (nSPS) is 19.0. The molecule has 1 N–H and O–H groups in total. The van der Waals surface area contributed by atoms with Crippen LogP contribution in [0.2, 0.25) is 0 Å². The molecule has 0 aromatic heterocycles. The number of halogens is 4. The number of hydrogen-bond donors (Lipinski definition) is 1. The van der Waals surface area contributed by atoms with E-state index in [1.54, 1.807) is 0 Å². The van der Waals surface area contributed by atoms with Gasteiger partial charge in [-0.15, -0.1) is 0 Å². The molecule has 2 aromatic rings. The van der Waals surface area contributed by atoms with Crippen molar-refractivity contribution in [3.05, 3.63) is 65.0 Å². The van der Waals surface area contributed by atoms with Crippen LogP contribution < -0.4 is 5.32 Å². The lowest BCUT2D eigenvalue weighted by Crippen LogP contribution is -2.51. The van der Waals surface area contributed by atoms with E-state index in [9.17, 15) is 45.2 Å². The molecule has 0 radical (unpaired) electrons. The summed E-state index contributed by atoms with van der Waals surface area (Å²) in [6.45, 7) is -0.827. The average molecular weight is 629 g/mol. The quantitative estimate of drug-likeness (QED) is 0.423. The van der Waals surface area contributed by atoms with Crippen LogP contribution in [0.5, 0.6) is 0 Å². The Morgan fingerprint density at radius 2 is 1.77 bits per heavy atom. The van der Waals surface area contributed by atoms with Gasteiger partial charge in [-0.3, -0.25) is 14.4 Å². The fourth-order valence-electron chi connectivity index (χ4n) is 4.85. The summed E-state index contributed by atoms with van der Waals surface area (Å²) in [5.74, 6) is -4.33. The number of fused-ring (bicyclic) bond motifs is 2. The second-order valence-electron chi connectivity index (χ2n) is 10.4. The summed E-state index contributed by atoms with van der Waals surface area (Å²) < 4.78 is 84.5. The van der Waals surface area contributed by atoms with E-state index >= 15 is 0 Å². The van der Waals surface area contributed by atoms with Gasteiger partial charge in [0.05, 0.1) is 0 Å². The third-order valence-electron chi connectivity index (χ3n) is 7.33. The highest BCUT2D eigenvalue weighted by molar-refractivity contribution is 7.89. The van der Waals surface area contributed by atoms with E-state index in [4.69, 9.17) is 4.74 Å². The van der Waals surface area contributed by atoms with Crippen LogP contribution in [-0.4, -0.2) is 84.9 Å². The number of benzene rings is 2. The van der Waals surface area contributed by atoms with Crippen molar-refractivity contribution in [2.24, 2.45) is 0 Å². The van der Waals surface area contributed by atoms with Gasteiger partial charge in [0.2, 0.25) is 27.4 Å². The van der Waals surface area contributed by atoms with Crippen LogP contribution in [0.1, 0.15) is 30.0 Å². The number of anilines is 1. The molecule has 16 heteroatoms. The lowest BCUT2D eigenvalue weighted by atomic mass is 9.94. The van der Waals surface area contributed by atoms with Crippen molar-refractivity contribution in [3.63, 3.8) is 0 Å². The van der Waals surface area contributed by atoms with Gasteiger partial charge < -0.3 is 15.0 Å². The summed E-state index contributed by atoms with van der Waals surface area (Å²) in [6.07, 6.45) is -5.86. The molecule has 11 nitrogen and oxygen atoms in total. The van der Waals surface area contributed by atoms with Crippen LogP contribution in [0.15, 0.2) is 42.5 Å². The Kier molecular flexibility index (Phi) is 8.57. The first-order valence-corrected chi connectivity index (χ1v) is 14.5. The van der Waals surface area contributed by atoms with Gasteiger partial charge in [-0.1, -0.05) is 18.2 Å². The van der Waals surface area contributed by atoms with E-state index in [1.165, 1.54) is 44.4 Å². The number of nitrogens with one attached hydrogen (secondary N) is 1. The maximum Gasteiger partial charge on any atom is 0.418 e. The molecule has 1 fully saturated rings. The van der Waals surface area contributed by atoms with E-state index in [0.717, 1.165) is 23.4 Å². The molecule has 1 heterocycles. The molecule has 2 aliphatic rings. The van der Waals surface area contributed by atoms with Crippen LogP contribution in [0.3, 0.4) is 0 Å². The highest BCUT2D eigenvalue weighted by Crippen LogP contribution is 2.46. The molecule has 4 rings (SSSR count). The van der Waals surface area contributed by atoms with Crippen molar-refractivity contribution in [2.45, 2.75) is 44.1 Å². The van der Waals surface area contributed by atoms with E-state index in [2.05, 4.69) is 5.32 Å². The maximum atomic E-state index is 13.6. The molecule has 1 aliphatic heterocycles. The average Bonchev–Trinajstić information content (AvgIpc) is 3.38. The SMILES string of the molecule is C[C@H](N(Cc1ccc(F)cc1)C(=O)CN1C(=O)O[C@@]2(CCc3cc(NC(=O)CS(=O)(=O)N(C)C)ccc32)C1=O)C(F)(F)F. The van der Waals surface area contributed by atoms with E-state index in [-0.39, 0.29) is 29.7 Å². The molecule has 232 valence electrons. The molecule has 0 unspecified atom stereocenters. The largest absolute Gasteiger partial charge is 0.427 e. The van der Waals surface area contributed by atoms with Gasteiger partial charge in [0.15, 0.2) is 0 Å². The van der Waals surface area contributed by atoms with E-state index in [0.29, 0.717) is 15.4 Å². The predicted octanol–water partition coefficient (Wildman–Crippen LogP) is 2.76. The van der Waals surface area contributed by atoms with Crippen LogP contribution in [0.25, 0.3) is 0 Å². The van der Waals surface area contributed by atoms with Crippen LogP contribution in [0.4, 0.5) is 28.0 Å². The first-order chi connectivity index (χ1) is 19.9. The second kappa shape index (κ2) is 11.6. The number of sulfonamides is 1. The first-order valence-electron chi connectivity index (χ1n) is 12.9. The molecule has 1 spiro atoms. The van der Waals surface area contributed by atoms with E-state index < -0.39 is 76.3 Å². The van der Waals surface area contributed by atoms with Crippen molar-refractivity contribution in [1.82, 2.24) is 14.1 Å². The Labute approximate surface area is 244 Å². The summed E-state index contributed by atoms with van der Waals surface area (Å²) in [7, 11) is -1.24. The first kappa shape index (κ1) is 31.9. The highest BCUT2D eigenvalue weighted by Gasteiger charge is 2.58. The summed E-state index contributed by atoms with van der Waals surface area (Å²) in [6, 6.07) is 6.50. The predicted molar refractivity (Wildman–Crippen MR) is 143 cm³/mol. The minimum Gasteiger partial charge on any atom is -0.427 e. The fourth-order valence-corrected chi connectivity index (χ4v) is 5.51. The van der Waals surface area contributed by atoms with Crippen LogP contribution in [-0.2, 0) is 47.7 Å². The van der Waals surface area contributed by atoms with Crippen molar-refractivity contribution in [2.75, 3.05) is 31.7 Å². The Bertz CT molecular complexity index is 1560. The third-order valence-corrected chi connectivity index (χ3v) is 9.07. The summed E-state index contributed by atoms with van der Waals surface area (Å²) in [5, 5.41) is 2.46. The zero-order valence-corrected chi connectivity index (χ0v) is 24.1. The number of nitrogens with zero attached hydrogens (tertiary/aromatic N) is 3. The molecular formula is C27H28F4N4O7S. The van der Waals surface area contributed by atoms with Gasteiger partial charge >= 0.3 is 12.3 Å². The number of rotatable bonds is 9. The number of aryl methyl sites for hydroxylation is 1. The smallest absolute Gasteiger partial charge is 0.418 e. The number of carbonyl (C=O) groups is 4. The molecule has 2 atom stereocenters. The van der Waals surface area contributed by atoms with Gasteiger partial charge in [0.1, 0.15) is 24.2 Å². The van der Waals surface area contributed by atoms with E-state index in [1.807, 2.05) is 0 Å². The van der Waals surface area contributed by atoms with Crippen molar-refractivity contribution in [3.8, 4) is 0 Å². The van der Waals surface area contributed by atoms with Crippen molar-refractivity contribution in [1.29, 1.82) is 0 Å². The Balaban J connectivity index is 1.52. The minimum atomic E-state index is -4.83. The molecular weight excluding hydrogens is 600 g/mol. The minimum absolute atomic E-state index is 0.0255. The summed E-state index contributed by atoms with van der Waals surface area (Å²) in [5.41, 5.74) is -0.612. The fraction of sp³-hybridized carbons (Fsp3) is 0.407. The number of carbonyl (C=O) groups excluding carboxylic acids is 4. The molecule has 4 amide bonds. The lowest BCUT2D eigenvalue weighted by molar-refractivity contribution is -0.187. The monoisotopic (exact) mass is 628 g/mol. The topological polar surface area (TPSA) is 133 Å². The van der Waals surface area contributed by atoms with Gasteiger partial charge in [-0.2, -0.15) is 13.2 Å². The van der Waals surface area contributed by atoms with Gasteiger partial charge in [0.25, 0.3) is 5.91 Å². The van der Waals surface area contributed by atoms with Gasteiger partial charge in [-0.25, -0.2) is 26.8 Å². The Hall–Kier alpha value is -4.05. The molecule has 0 saturated carbocycles. The van der Waals surface area contributed by atoms with Crippen molar-refractivity contribution < 1.29 is 49.9 Å². The Morgan fingerprint density at radius 1 is 1.12 bits per heavy atom. The zero-order chi connectivity index (χ0) is 31.9. The maximum absolute atomic E-state index is 13.6. The van der Waals surface area contributed by atoms with Gasteiger partial charge in [0, 0.05) is 38.3 Å². The number of amides is 4. The third kappa shape index (κ3) is 6.49. The zero-order valence-electron chi connectivity index (χ0n) is 23.3. The second-order valence-corrected chi connectivity index (χ2v) is 12.6. The molecule has 43 heavy (non-hydrogen) atoms. The number of imide groups is 1. The van der Waals surface area contributed by atoms with Crippen LogP contribution >= 0.6 is 0 Å². The number of hydrogen-bond acceptors (Lipinski definition) is 7. The van der Waals surface area contributed by atoms with Crippen molar-refractivity contribution >= 4 is 39.5 Å². The molecule has 0 bridgehead atoms. The molecule has 1 aliphatic carbocycles. The highest BCUT2D eigenvalue weighted by atomic mass is 32.2. The molecule has 1 saturated heterocycles. The molecule has 2 aromatic carbocycles. The summed E-state index contributed by atoms with van der Waals surface area (Å²) in [4.78, 5) is 52.6. The standard InChI is InChI=1S/C27H28F4N4O7S/c1-16(27(29,30)31)34(13-17-4-6-19(28)7-5-17)23(37)14-35-24(38)26(42-25(35)39)11-10-18-12-20(8-9-21(18)26)32-22(36)15-43(40,41)33(2)3/h4-9,12,16H,10-11,13-15H2,1-3H3,(H,32,36)/t16-,26+/m0/s1. The number of alkyl halides is 3. The summed E-state index contributed by atoms with van der Waals surface area (Å²) >= 11 is 0. The van der Waals surface area contributed by atoms with Gasteiger partial charge in [-0.05, 0) is 48.7 Å². The van der Waals surface area contributed by atoms with Crippen LogP contribution in [0, 0.1) is 5.82 Å². The lowest BCUT2D eigenvalue weighted by Gasteiger charge is -2.31.